The van der Waals surface area contributed by atoms with E-state index in [1.807, 2.05) is 12.2 Å². The van der Waals surface area contributed by atoms with Gasteiger partial charge in [-0.05, 0) is 12.2 Å². The summed E-state index contributed by atoms with van der Waals surface area (Å²) in [5.74, 6) is 0. The number of hydrogen-bond donors (Lipinski definition) is 1. The van der Waals surface area contributed by atoms with Gasteiger partial charge in [-0.25, -0.2) is 0 Å². The van der Waals surface area contributed by atoms with E-state index < -0.39 is 0 Å². The van der Waals surface area contributed by atoms with Crippen LogP contribution >= 0.6 is 0 Å². The molecule has 0 aromatic heterocycles. The highest BCUT2D eigenvalue weighted by atomic mass is 16.5. The van der Waals surface area contributed by atoms with Gasteiger partial charge in [-0.1, -0.05) is 18.7 Å². The summed E-state index contributed by atoms with van der Waals surface area (Å²) in [4.78, 5) is 0. The van der Waals surface area contributed by atoms with E-state index in [0.29, 0.717) is 6.54 Å². The lowest BCUT2D eigenvalue weighted by Gasteiger charge is -2.17. The first kappa shape index (κ1) is 6.11. The van der Waals surface area contributed by atoms with Gasteiger partial charge in [0.1, 0.15) is 0 Å². The zero-order valence-corrected chi connectivity index (χ0v) is 5.12. The number of nitrogens with zero attached hydrogens (tertiary/aromatic N) is 1. The van der Waals surface area contributed by atoms with E-state index in [0.717, 1.165) is 10.8 Å². The van der Waals surface area contributed by atoms with Crippen molar-refractivity contribution in [2.75, 3.05) is 6.54 Å². The first-order valence-corrected chi connectivity index (χ1v) is 2.80. The molecule has 0 saturated carbocycles. The Morgan fingerprint density at radius 2 is 2.56 bits per heavy atom. The van der Waals surface area contributed by atoms with Crippen molar-refractivity contribution in [1.29, 1.82) is 0 Å². The van der Waals surface area contributed by atoms with Gasteiger partial charge in [-0.3, -0.25) is 10.3 Å². The summed E-state index contributed by atoms with van der Waals surface area (Å²) in [6.07, 6.45) is 7.18. The molecule has 2 nitrogen and oxygen atoms in total. The van der Waals surface area contributed by atoms with Gasteiger partial charge in [0.05, 0.1) is 12.2 Å². The maximum absolute atomic E-state index is 9.01. The third-order valence-corrected chi connectivity index (χ3v) is 1.19. The third-order valence-electron chi connectivity index (χ3n) is 1.19. The molecule has 0 atom stereocenters. The van der Waals surface area contributed by atoms with E-state index in [1.165, 1.54) is 0 Å². The van der Waals surface area contributed by atoms with Crippen LogP contribution in [0.1, 0.15) is 0 Å². The van der Waals surface area contributed by atoms with E-state index in [1.54, 1.807) is 12.2 Å². The quantitative estimate of drug-likeness (QED) is 0.568. The van der Waals surface area contributed by atoms with Crippen molar-refractivity contribution in [2.45, 2.75) is 0 Å². The lowest BCUT2D eigenvalue weighted by Crippen LogP contribution is -2.18. The van der Waals surface area contributed by atoms with Crippen LogP contribution in [0, 0.1) is 0 Å². The predicted molar refractivity (Wildman–Crippen MR) is 35.9 cm³/mol. The zero-order chi connectivity index (χ0) is 6.69. The Kier molecular flexibility index (Phi) is 1.70. The first-order chi connectivity index (χ1) is 4.34. The second-order valence-corrected chi connectivity index (χ2v) is 1.81. The van der Waals surface area contributed by atoms with Crippen LogP contribution in [-0.2, 0) is 0 Å². The van der Waals surface area contributed by atoms with Crippen molar-refractivity contribution >= 4 is 0 Å². The van der Waals surface area contributed by atoms with Crippen molar-refractivity contribution in [3.63, 3.8) is 0 Å². The van der Waals surface area contributed by atoms with Crippen LogP contribution in [0.15, 0.2) is 36.6 Å². The van der Waals surface area contributed by atoms with Crippen molar-refractivity contribution in [1.82, 2.24) is 5.06 Å². The number of allylic oxidation sites excluding steroid dienone is 3. The van der Waals surface area contributed by atoms with Crippen molar-refractivity contribution < 1.29 is 5.21 Å². The second-order valence-electron chi connectivity index (χ2n) is 1.81. The fourth-order valence-electron chi connectivity index (χ4n) is 0.692. The minimum absolute atomic E-state index is 0.553. The summed E-state index contributed by atoms with van der Waals surface area (Å²) in [5, 5.41) is 10.2. The Balaban J connectivity index is 2.74. The smallest absolute Gasteiger partial charge is 0.0637 e. The molecule has 0 saturated heterocycles. The Morgan fingerprint density at radius 1 is 1.78 bits per heavy atom. The largest absolute Gasteiger partial charge is 0.288 e. The van der Waals surface area contributed by atoms with Crippen LogP contribution in [-0.4, -0.2) is 16.8 Å². The fourth-order valence-corrected chi connectivity index (χ4v) is 0.692. The average molecular weight is 123 g/mol. The van der Waals surface area contributed by atoms with Gasteiger partial charge in [0.15, 0.2) is 0 Å². The molecule has 0 aliphatic carbocycles. The summed E-state index contributed by atoms with van der Waals surface area (Å²) >= 11 is 0. The van der Waals surface area contributed by atoms with E-state index in [4.69, 9.17) is 5.21 Å². The number of rotatable bonds is 1. The monoisotopic (exact) mass is 123 g/mol. The van der Waals surface area contributed by atoms with Crippen molar-refractivity contribution in [3.05, 3.63) is 36.6 Å². The van der Waals surface area contributed by atoms with E-state index >= 15 is 0 Å². The standard InChI is InChI=1S/C7H9NO/c1-2-7-5-3-4-6-8(7)9/h2-5,9H,1,6H2. The summed E-state index contributed by atoms with van der Waals surface area (Å²) in [6, 6.07) is 0. The Labute approximate surface area is 54.4 Å². The average Bonchev–Trinajstić information content (AvgIpc) is 1.89. The van der Waals surface area contributed by atoms with Gasteiger partial charge in [0, 0.05) is 0 Å². The lowest BCUT2D eigenvalue weighted by molar-refractivity contribution is -0.0409. The molecular weight excluding hydrogens is 114 g/mol. The SMILES string of the molecule is C=CC1=CC=CCN1O. The van der Waals surface area contributed by atoms with Crippen LogP contribution in [0.3, 0.4) is 0 Å². The highest BCUT2D eigenvalue weighted by Crippen LogP contribution is 2.06. The number of hydrogen-bond acceptors (Lipinski definition) is 2. The first-order valence-electron chi connectivity index (χ1n) is 2.80. The minimum atomic E-state index is 0.553. The van der Waals surface area contributed by atoms with Crippen molar-refractivity contribution in [3.8, 4) is 0 Å². The molecule has 0 unspecified atom stereocenters. The van der Waals surface area contributed by atoms with Gasteiger partial charge < -0.3 is 0 Å². The molecule has 1 heterocycles. The van der Waals surface area contributed by atoms with Gasteiger partial charge in [-0.2, -0.15) is 0 Å². The van der Waals surface area contributed by atoms with E-state index in [2.05, 4.69) is 6.58 Å². The van der Waals surface area contributed by atoms with Gasteiger partial charge >= 0.3 is 0 Å². The molecule has 1 aliphatic rings. The minimum Gasteiger partial charge on any atom is -0.288 e. The molecule has 0 bridgehead atoms. The van der Waals surface area contributed by atoms with Gasteiger partial charge in [0.25, 0.3) is 0 Å². The maximum atomic E-state index is 9.01. The topological polar surface area (TPSA) is 23.5 Å². The maximum Gasteiger partial charge on any atom is 0.0637 e. The molecule has 0 aromatic carbocycles. The molecule has 9 heavy (non-hydrogen) atoms. The van der Waals surface area contributed by atoms with Gasteiger partial charge in [0.2, 0.25) is 0 Å². The summed E-state index contributed by atoms with van der Waals surface area (Å²) in [5.41, 5.74) is 0.748. The van der Waals surface area contributed by atoms with Crippen LogP contribution in [0.5, 0.6) is 0 Å². The van der Waals surface area contributed by atoms with Crippen LogP contribution in [0.2, 0.25) is 0 Å². The molecule has 2 heteroatoms. The van der Waals surface area contributed by atoms with Crippen molar-refractivity contribution in [2.24, 2.45) is 0 Å². The molecule has 0 amide bonds. The molecule has 0 spiro atoms. The normalized spacial score (nSPS) is 17.4. The number of hydroxylamine groups is 2. The van der Waals surface area contributed by atoms with Gasteiger partial charge in [-0.15, -0.1) is 0 Å². The fraction of sp³-hybridized carbons (Fsp3) is 0.143. The molecule has 1 rings (SSSR count). The molecule has 1 aliphatic heterocycles. The zero-order valence-electron chi connectivity index (χ0n) is 5.12. The Hall–Kier alpha value is -1.02. The van der Waals surface area contributed by atoms with E-state index in [-0.39, 0.29) is 0 Å². The van der Waals surface area contributed by atoms with Crippen LogP contribution in [0.4, 0.5) is 0 Å². The summed E-state index contributed by atoms with van der Waals surface area (Å²) in [6.45, 7) is 4.08. The molecule has 0 fully saturated rings. The predicted octanol–water partition coefficient (Wildman–Crippen LogP) is 1.32. The van der Waals surface area contributed by atoms with Crippen LogP contribution < -0.4 is 0 Å². The Morgan fingerprint density at radius 3 is 3.00 bits per heavy atom. The highest BCUT2D eigenvalue weighted by molar-refractivity contribution is 5.23. The molecule has 48 valence electrons. The summed E-state index contributed by atoms with van der Waals surface area (Å²) < 4.78 is 0. The molecule has 1 N–H and O–H groups in total. The van der Waals surface area contributed by atoms with Crippen LogP contribution in [0.25, 0.3) is 0 Å². The summed E-state index contributed by atoms with van der Waals surface area (Å²) in [7, 11) is 0. The third kappa shape index (κ3) is 1.21. The molecule has 0 radical (unpaired) electrons. The molecule has 0 aromatic rings. The highest BCUT2D eigenvalue weighted by Gasteiger charge is 2.01. The molecular formula is C7H9NO. The Bertz CT molecular complexity index is 170. The van der Waals surface area contributed by atoms with E-state index in [9.17, 15) is 0 Å². The lowest BCUT2D eigenvalue weighted by atomic mass is 10.3. The second kappa shape index (κ2) is 2.51.